The van der Waals surface area contributed by atoms with Crippen LogP contribution >= 0.6 is 24.2 Å². The topological polar surface area (TPSA) is 64.3 Å². The van der Waals surface area contributed by atoms with Crippen molar-refractivity contribution >= 4 is 30.1 Å². The fourth-order valence-corrected chi connectivity index (χ4v) is 3.52. The zero-order valence-corrected chi connectivity index (χ0v) is 13.9. The summed E-state index contributed by atoms with van der Waals surface area (Å²) in [6.45, 7) is 3.47. The van der Waals surface area contributed by atoms with Crippen LogP contribution in [0, 0.1) is 5.92 Å². The van der Waals surface area contributed by atoms with Crippen LogP contribution in [0.5, 0.6) is 0 Å². The van der Waals surface area contributed by atoms with Gasteiger partial charge in [-0.05, 0) is 44.9 Å². The van der Waals surface area contributed by atoms with Gasteiger partial charge in [-0.2, -0.15) is 0 Å². The summed E-state index contributed by atoms with van der Waals surface area (Å²) in [5.41, 5.74) is 5.60. The van der Waals surface area contributed by atoms with E-state index in [0.717, 1.165) is 18.8 Å². The number of nitrogens with one attached hydrogen (secondary N) is 1. The van der Waals surface area contributed by atoms with Crippen LogP contribution in [-0.4, -0.2) is 42.2 Å². The van der Waals surface area contributed by atoms with Crippen LogP contribution < -0.4 is 11.1 Å². The van der Waals surface area contributed by atoms with E-state index in [4.69, 9.17) is 10.5 Å². The van der Waals surface area contributed by atoms with Crippen LogP contribution in [0.25, 0.3) is 0 Å². The minimum Gasteiger partial charge on any atom is -0.377 e. The largest absolute Gasteiger partial charge is 0.377 e. The third-order valence-electron chi connectivity index (χ3n) is 4.14. The predicted octanol–water partition coefficient (Wildman–Crippen LogP) is 1.95. The SMILES string of the molecule is CC(CN)(NC(=O)CSCC1CCCCO1)C1CC1.Cl. The average molecular weight is 323 g/mol. The third kappa shape index (κ3) is 5.43. The molecule has 0 radical (unpaired) electrons. The molecule has 0 bridgehead atoms. The Balaban J connectivity index is 0.00000200. The van der Waals surface area contributed by atoms with Gasteiger partial charge in [0.2, 0.25) is 5.91 Å². The minimum absolute atomic E-state index is 0. The molecule has 3 N–H and O–H groups in total. The molecule has 2 atom stereocenters. The Morgan fingerprint density at radius 3 is 2.70 bits per heavy atom. The molecule has 0 aromatic heterocycles. The number of hydrogen-bond donors (Lipinski definition) is 2. The van der Waals surface area contributed by atoms with Crippen LogP contribution in [-0.2, 0) is 9.53 Å². The molecular weight excluding hydrogens is 296 g/mol. The van der Waals surface area contributed by atoms with Crippen molar-refractivity contribution in [2.75, 3.05) is 24.7 Å². The highest BCUT2D eigenvalue weighted by atomic mass is 35.5. The molecule has 0 spiro atoms. The Labute approximate surface area is 132 Å². The number of carbonyl (C=O) groups excluding carboxylic acids is 1. The number of thioether (sulfide) groups is 1. The van der Waals surface area contributed by atoms with E-state index in [9.17, 15) is 4.79 Å². The molecular formula is C14H27ClN2O2S. The molecule has 0 aromatic rings. The van der Waals surface area contributed by atoms with Crippen molar-refractivity contribution in [2.45, 2.75) is 50.7 Å². The van der Waals surface area contributed by atoms with Crippen molar-refractivity contribution < 1.29 is 9.53 Å². The van der Waals surface area contributed by atoms with Crippen LogP contribution in [0.15, 0.2) is 0 Å². The van der Waals surface area contributed by atoms with Gasteiger partial charge in [-0.1, -0.05) is 0 Å². The van der Waals surface area contributed by atoms with Crippen molar-refractivity contribution in [3.05, 3.63) is 0 Å². The predicted molar refractivity (Wildman–Crippen MR) is 86.5 cm³/mol. The van der Waals surface area contributed by atoms with Gasteiger partial charge in [0.25, 0.3) is 0 Å². The number of halogens is 1. The zero-order chi connectivity index (χ0) is 13.7. The zero-order valence-electron chi connectivity index (χ0n) is 12.2. The van der Waals surface area contributed by atoms with E-state index in [1.54, 1.807) is 11.8 Å². The number of carbonyl (C=O) groups is 1. The smallest absolute Gasteiger partial charge is 0.230 e. The van der Waals surface area contributed by atoms with Gasteiger partial charge in [-0.25, -0.2) is 0 Å². The molecule has 6 heteroatoms. The second kappa shape index (κ2) is 8.47. The molecule has 2 fully saturated rings. The van der Waals surface area contributed by atoms with Crippen molar-refractivity contribution in [2.24, 2.45) is 11.7 Å². The van der Waals surface area contributed by atoms with E-state index in [2.05, 4.69) is 12.2 Å². The average Bonchev–Trinajstić information content (AvgIpc) is 3.24. The molecule has 1 amide bonds. The van der Waals surface area contributed by atoms with Gasteiger partial charge in [0.05, 0.1) is 17.4 Å². The molecule has 20 heavy (non-hydrogen) atoms. The number of rotatable bonds is 7. The number of amides is 1. The molecule has 1 saturated heterocycles. The number of ether oxygens (including phenoxy) is 1. The second-order valence-electron chi connectivity index (χ2n) is 5.95. The van der Waals surface area contributed by atoms with Crippen molar-refractivity contribution in [1.29, 1.82) is 0 Å². The van der Waals surface area contributed by atoms with Gasteiger partial charge in [0.1, 0.15) is 0 Å². The fraction of sp³-hybridized carbons (Fsp3) is 0.929. The summed E-state index contributed by atoms with van der Waals surface area (Å²) < 4.78 is 5.66. The van der Waals surface area contributed by atoms with E-state index in [-0.39, 0.29) is 23.9 Å². The minimum atomic E-state index is -0.195. The summed E-state index contributed by atoms with van der Waals surface area (Å²) in [6.07, 6.45) is 6.30. The summed E-state index contributed by atoms with van der Waals surface area (Å²) in [5.74, 6) is 2.13. The van der Waals surface area contributed by atoms with Crippen LogP contribution in [0.1, 0.15) is 39.0 Å². The van der Waals surface area contributed by atoms with E-state index in [0.29, 0.717) is 24.3 Å². The van der Waals surface area contributed by atoms with Crippen molar-refractivity contribution in [3.63, 3.8) is 0 Å². The molecule has 2 unspecified atom stereocenters. The van der Waals surface area contributed by atoms with Crippen LogP contribution in [0.2, 0.25) is 0 Å². The lowest BCUT2D eigenvalue weighted by Crippen LogP contribution is -2.53. The second-order valence-corrected chi connectivity index (χ2v) is 6.98. The van der Waals surface area contributed by atoms with E-state index in [1.165, 1.54) is 25.7 Å². The monoisotopic (exact) mass is 322 g/mol. The molecule has 2 rings (SSSR count). The lowest BCUT2D eigenvalue weighted by molar-refractivity contribution is -0.120. The number of nitrogens with two attached hydrogens (primary N) is 1. The highest BCUT2D eigenvalue weighted by Gasteiger charge is 2.41. The summed E-state index contributed by atoms with van der Waals surface area (Å²) in [4.78, 5) is 12.0. The lowest BCUT2D eigenvalue weighted by Gasteiger charge is -2.29. The first kappa shape index (κ1) is 18.1. The van der Waals surface area contributed by atoms with Gasteiger partial charge in [0.15, 0.2) is 0 Å². The van der Waals surface area contributed by atoms with E-state index < -0.39 is 0 Å². The molecule has 2 aliphatic rings. The Kier molecular flexibility index (Phi) is 7.65. The van der Waals surface area contributed by atoms with Gasteiger partial charge in [-0.15, -0.1) is 24.2 Å². The van der Waals surface area contributed by atoms with Crippen LogP contribution in [0.4, 0.5) is 0 Å². The standard InChI is InChI=1S/C14H26N2O2S.ClH/c1-14(10-15,11-5-6-11)16-13(17)9-19-8-12-4-2-3-7-18-12;/h11-12H,2-10,15H2,1H3,(H,16,17);1H. The lowest BCUT2D eigenvalue weighted by atomic mass is 9.96. The maximum Gasteiger partial charge on any atom is 0.230 e. The highest BCUT2D eigenvalue weighted by Crippen LogP contribution is 2.38. The normalized spacial score (nSPS) is 25.4. The summed E-state index contributed by atoms with van der Waals surface area (Å²) in [5, 5.41) is 3.12. The Bertz CT molecular complexity index is 310. The molecule has 1 aliphatic carbocycles. The van der Waals surface area contributed by atoms with Gasteiger partial charge < -0.3 is 15.8 Å². The van der Waals surface area contributed by atoms with Crippen molar-refractivity contribution in [3.8, 4) is 0 Å². The quantitative estimate of drug-likeness (QED) is 0.752. The Morgan fingerprint density at radius 2 is 2.15 bits per heavy atom. The molecule has 0 aromatic carbocycles. The Hall–Kier alpha value is 0.0300. The van der Waals surface area contributed by atoms with Gasteiger partial charge in [-0.3, -0.25) is 4.79 Å². The Morgan fingerprint density at radius 1 is 1.40 bits per heavy atom. The molecule has 1 aliphatic heterocycles. The van der Waals surface area contributed by atoms with Crippen LogP contribution in [0.3, 0.4) is 0 Å². The number of hydrogen-bond acceptors (Lipinski definition) is 4. The first-order valence-electron chi connectivity index (χ1n) is 7.34. The van der Waals surface area contributed by atoms with E-state index >= 15 is 0 Å². The summed E-state index contributed by atoms with van der Waals surface area (Å²) in [6, 6.07) is 0. The molecule has 1 heterocycles. The third-order valence-corrected chi connectivity index (χ3v) is 5.21. The maximum atomic E-state index is 12.0. The fourth-order valence-electron chi connectivity index (χ4n) is 2.62. The maximum absolute atomic E-state index is 12.0. The molecule has 118 valence electrons. The molecule has 1 saturated carbocycles. The van der Waals surface area contributed by atoms with Crippen molar-refractivity contribution in [1.82, 2.24) is 5.32 Å². The molecule has 4 nitrogen and oxygen atoms in total. The van der Waals surface area contributed by atoms with E-state index in [1.807, 2.05) is 0 Å². The summed E-state index contributed by atoms with van der Waals surface area (Å²) >= 11 is 1.67. The first-order valence-corrected chi connectivity index (χ1v) is 8.50. The van der Waals surface area contributed by atoms with Gasteiger partial charge in [0, 0.05) is 18.9 Å². The summed E-state index contributed by atoms with van der Waals surface area (Å²) in [7, 11) is 0. The first-order chi connectivity index (χ1) is 9.14. The highest BCUT2D eigenvalue weighted by molar-refractivity contribution is 7.99. The van der Waals surface area contributed by atoms with Gasteiger partial charge >= 0.3 is 0 Å².